The molecule has 0 spiro atoms. The van der Waals surface area contributed by atoms with Crippen molar-refractivity contribution in [1.29, 1.82) is 0 Å². The predicted octanol–water partition coefficient (Wildman–Crippen LogP) is 8.80. The van der Waals surface area contributed by atoms with Gasteiger partial charge in [-0.3, -0.25) is 0 Å². The second-order valence-corrected chi connectivity index (χ2v) is 17.5. The molecule has 37 heavy (non-hydrogen) atoms. The minimum Gasteiger partial charge on any atom is -0.508 e. The topological polar surface area (TPSA) is 20.2 Å². The fourth-order valence-corrected chi connectivity index (χ4v) is 15.3. The smallest absolute Gasteiger partial charge is 0.116 e. The minimum absolute atomic E-state index is 0.392. The molecular formula is C36H48O. The van der Waals surface area contributed by atoms with Crippen LogP contribution < -0.4 is 0 Å². The van der Waals surface area contributed by atoms with Crippen molar-refractivity contribution in [2.75, 3.05) is 0 Å². The maximum absolute atomic E-state index is 11.6. The molecule has 1 heteroatoms. The molecule has 1 aromatic rings. The Morgan fingerprint density at radius 2 is 0.649 bits per heavy atom. The maximum Gasteiger partial charge on any atom is 0.116 e. The summed E-state index contributed by atoms with van der Waals surface area (Å²) in [6.07, 6.45) is 26.9. The van der Waals surface area contributed by atoms with Gasteiger partial charge in [0.05, 0.1) is 0 Å². The number of phenolic OH excluding ortho intramolecular Hbond substituents is 1. The summed E-state index contributed by atoms with van der Waals surface area (Å²) in [6.45, 7) is 0. The van der Waals surface area contributed by atoms with Crippen LogP contribution in [0.5, 0.6) is 5.75 Å². The Hall–Kier alpha value is -0.980. The number of phenols is 1. The molecule has 1 N–H and O–H groups in total. The first-order chi connectivity index (χ1) is 17.9. The number of aromatic hydroxyl groups is 1. The van der Waals surface area contributed by atoms with E-state index in [1.165, 1.54) is 116 Å². The van der Waals surface area contributed by atoms with Crippen molar-refractivity contribution in [3.05, 3.63) is 28.8 Å². The van der Waals surface area contributed by atoms with Crippen molar-refractivity contribution in [2.24, 2.45) is 53.3 Å². The first-order valence-corrected chi connectivity index (χ1v) is 16.8. The van der Waals surface area contributed by atoms with Crippen LogP contribution in [0.1, 0.15) is 132 Å². The summed E-state index contributed by atoms with van der Waals surface area (Å²) in [5.74, 6) is 9.46. The van der Waals surface area contributed by atoms with E-state index < -0.39 is 0 Å². The van der Waals surface area contributed by atoms with Crippen molar-refractivity contribution in [2.45, 2.75) is 132 Å². The molecule has 0 heterocycles. The molecule has 0 saturated heterocycles. The summed E-state index contributed by atoms with van der Waals surface area (Å²) in [7, 11) is 0. The van der Waals surface area contributed by atoms with Crippen molar-refractivity contribution >= 4 is 0 Å². The average molecular weight is 497 g/mol. The zero-order chi connectivity index (χ0) is 24.1. The van der Waals surface area contributed by atoms with Gasteiger partial charge in [0.1, 0.15) is 5.75 Å². The molecule has 13 rings (SSSR count). The molecule has 0 aromatic heterocycles. The highest BCUT2D eigenvalue weighted by atomic mass is 16.3. The van der Waals surface area contributed by atoms with Gasteiger partial charge in [-0.05, 0) is 214 Å². The molecule has 12 bridgehead atoms. The van der Waals surface area contributed by atoms with Gasteiger partial charge in [0.15, 0.2) is 0 Å². The molecule has 12 aliphatic rings. The third-order valence-corrected chi connectivity index (χ3v) is 14.9. The molecule has 12 saturated carbocycles. The Morgan fingerprint density at radius 1 is 0.405 bits per heavy atom. The van der Waals surface area contributed by atoms with Crippen LogP contribution in [0, 0.1) is 53.3 Å². The van der Waals surface area contributed by atoms with E-state index >= 15 is 0 Å². The highest BCUT2D eigenvalue weighted by molar-refractivity contribution is 5.55. The largest absolute Gasteiger partial charge is 0.508 e. The fraction of sp³-hybridized carbons (Fsp3) is 0.833. The zero-order valence-corrected chi connectivity index (χ0v) is 23.0. The van der Waals surface area contributed by atoms with E-state index in [1.807, 2.05) is 5.56 Å². The van der Waals surface area contributed by atoms with Crippen molar-refractivity contribution in [3.8, 4) is 5.75 Å². The Labute approximate surface area is 224 Å². The van der Waals surface area contributed by atoms with Crippen LogP contribution in [0.3, 0.4) is 0 Å². The molecule has 0 radical (unpaired) electrons. The molecular weight excluding hydrogens is 448 g/mol. The molecule has 198 valence electrons. The van der Waals surface area contributed by atoms with E-state index in [0.29, 0.717) is 22.0 Å². The van der Waals surface area contributed by atoms with Gasteiger partial charge >= 0.3 is 0 Å². The number of rotatable bonds is 3. The Balaban J connectivity index is 1.22. The van der Waals surface area contributed by atoms with Gasteiger partial charge in [0.2, 0.25) is 0 Å². The molecule has 0 unspecified atom stereocenters. The van der Waals surface area contributed by atoms with Crippen molar-refractivity contribution in [1.82, 2.24) is 0 Å². The lowest BCUT2D eigenvalue weighted by Crippen LogP contribution is -2.54. The van der Waals surface area contributed by atoms with Crippen LogP contribution in [-0.2, 0) is 16.2 Å². The van der Waals surface area contributed by atoms with Crippen molar-refractivity contribution in [3.63, 3.8) is 0 Å². The second kappa shape index (κ2) is 7.01. The number of hydrogen-bond donors (Lipinski definition) is 1. The van der Waals surface area contributed by atoms with Crippen molar-refractivity contribution < 1.29 is 5.11 Å². The highest BCUT2D eigenvalue weighted by Gasteiger charge is 2.60. The lowest BCUT2D eigenvalue weighted by Gasteiger charge is -2.63. The average Bonchev–Trinajstić information content (AvgIpc) is 2.81. The lowest BCUT2D eigenvalue weighted by atomic mass is 9.41. The van der Waals surface area contributed by atoms with E-state index in [9.17, 15) is 5.11 Å². The highest BCUT2D eigenvalue weighted by Crippen LogP contribution is 2.69. The third-order valence-electron chi connectivity index (χ3n) is 14.9. The Kier molecular flexibility index (Phi) is 4.13. The first-order valence-electron chi connectivity index (χ1n) is 16.8. The molecule has 0 aliphatic heterocycles. The van der Waals surface area contributed by atoms with E-state index in [-0.39, 0.29) is 0 Å². The van der Waals surface area contributed by atoms with Crippen LogP contribution in [0.25, 0.3) is 0 Å². The molecule has 1 nitrogen and oxygen atoms in total. The summed E-state index contributed by atoms with van der Waals surface area (Å²) < 4.78 is 0. The Bertz CT molecular complexity index is 984. The number of hydrogen-bond acceptors (Lipinski definition) is 1. The third kappa shape index (κ3) is 2.94. The van der Waals surface area contributed by atoms with Crippen LogP contribution >= 0.6 is 0 Å². The first kappa shape index (κ1) is 21.8. The quantitative estimate of drug-likeness (QED) is 0.443. The Morgan fingerprint density at radius 3 is 0.919 bits per heavy atom. The standard InChI is InChI=1S/C36H48O/c37-30-10-31(34-12-21-1-22(13-34)3-23(2-21)14-34)33(36-18-27-7-28(19-36)9-29(8-27)20-36)32(11-30)35-15-24-4-25(16-35)6-26(5-24)17-35/h10-11,21-29,37H,1-9,12-20H2. The van der Waals surface area contributed by atoms with Gasteiger partial charge in [0, 0.05) is 0 Å². The van der Waals surface area contributed by atoms with E-state index in [4.69, 9.17) is 0 Å². The summed E-state index contributed by atoms with van der Waals surface area (Å²) in [5.41, 5.74) is 6.65. The van der Waals surface area contributed by atoms with Gasteiger partial charge in [-0.2, -0.15) is 0 Å². The molecule has 12 aliphatic carbocycles. The summed E-state index contributed by atoms with van der Waals surface area (Å²) in [6, 6.07) is 4.82. The van der Waals surface area contributed by atoms with Gasteiger partial charge in [0.25, 0.3) is 0 Å². The SMILES string of the molecule is Oc1cc(C23CC4CC(CC(C4)C2)C3)c(C23CC4CC(CC(C4)C2)C3)c(C23CC4CC(CC(C4)C2)C3)c1. The van der Waals surface area contributed by atoms with Gasteiger partial charge in [-0.15, -0.1) is 0 Å². The van der Waals surface area contributed by atoms with Gasteiger partial charge < -0.3 is 5.11 Å². The van der Waals surface area contributed by atoms with Crippen LogP contribution in [0.15, 0.2) is 12.1 Å². The van der Waals surface area contributed by atoms with E-state index in [1.54, 1.807) is 11.1 Å². The zero-order valence-electron chi connectivity index (χ0n) is 23.0. The lowest BCUT2D eigenvalue weighted by molar-refractivity contribution is -0.0245. The summed E-state index contributed by atoms with van der Waals surface area (Å²) in [4.78, 5) is 0. The number of benzene rings is 1. The summed E-state index contributed by atoms with van der Waals surface area (Å²) >= 11 is 0. The fourth-order valence-electron chi connectivity index (χ4n) is 15.3. The monoisotopic (exact) mass is 496 g/mol. The minimum atomic E-state index is 0.392. The molecule has 12 fully saturated rings. The maximum atomic E-state index is 11.6. The predicted molar refractivity (Wildman–Crippen MR) is 148 cm³/mol. The van der Waals surface area contributed by atoms with E-state index in [0.717, 1.165) is 53.3 Å². The van der Waals surface area contributed by atoms with Gasteiger partial charge in [-0.25, -0.2) is 0 Å². The van der Waals surface area contributed by atoms with Crippen LogP contribution in [0.4, 0.5) is 0 Å². The normalized spacial score (nSPS) is 55.9. The van der Waals surface area contributed by atoms with Crippen LogP contribution in [-0.4, -0.2) is 5.11 Å². The van der Waals surface area contributed by atoms with E-state index in [2.05, 4.69) is 12.1 Å². The molecule has 1 aromatic carbocycles. The van der Waals surface area contributed by atoms with Gasteiger partial charge in [-0.1, -0.05) is 0 Å². The molecule has 0 atom stereocenters. The molecule has 0 amide bonds. The summed E-state index contributed by atoms with van der Waals surface area (Å²) in [5, 5.41) is 11.6. The second-order valence-electron chi connectivity index (χ2n) is 17.5. The van der Waals surface area contributed by atoms with Crippen LogP contribution in [0.2, 0.25) is 0 Å².